The number of aromatic hydroxyl groups is 1. The number of benzene rings is 1. The number of halogens is 1. The van der Waals surface area contributed by atoms with Gasteiger partial charge in [0.2, 0.25) is 0 Å². The maximum Gasteiger partial charge on any atom is 0.128 e. The highest BCUT2D eigenvalue weighted by Crippen LogP contribution is 2.49. The Kier molecular flexibility index (Phi) is 1.75. The van der Waals surface area contributed by atoms with Crippen LogP contribution in [0.2, 0.25) is 0 Å². The van der Waals surface area contributed by atoms with Gasteiger partial charge in [-0.2, -0.15) is 5.26 Å². The predicted molar refractivity (Wildman–Crippen MR) is 49.3 cm³/mol. The minimum absolute atomic E-state index is 0.0583. The van der Waals surface area contributed by atoms with Crippen molar-refractivity contribution in [3.8, 4) is 11.8 Å². The van der Waals surface area contributed by atoms with E-state index in [4.69, 9.17) is 5.26 Å². The molecule has 14 heavy (non-hydrogen) atoms. The molecule has 0 aromatic heterocycles. The number of hydrogen-bond acceptors (Lipinski definition) is 2. The molecule has 0 aliphatic heterocycles. The number of nitrogens with zero attached hydrogens (tertiary/aromatic N) is 1. The van der Waals surface area contributed by atoms with E-state index in [0.717, 1.165) is 0 Å². The van der Waals surface area contributed by atoms with Crippen molar-refractivity contribution in [1.29, 1.82) is 5.26 Å². The molecule has 0 heterocycles. The van der Waals surface area contributed by atoms with Gasteiger partial charge in [0.05, 0.1) is 11.5 Å². The second-order valence-corrected chi connectivity index (χ2v) is 3.81. The lowest BCUT2D eigenvalue weighted by atomic mass is 9.95. The summed E-state index contributed by atoms with van der Waals surface area (Å²) < 4.78 is 13.5. The highest BCUT2D eigenvalue weighted by Gasteiger charge is 2.47. The Hall–Kier alpha value is -1.56. The lowest BCUT2D eigenvalue weighted by Gasteiger charge is -2.09. The summed E-state index contributed by atoms with van der Waals surface area (Å²) in [5.74, 6) is -0.331. The Morgan fingerprint density at radius 2 is 2.14 bits per heavy atom. The van der Waals surface area contributed by atoms with E-state index in [1.54, 1.807) is 6.92 Å². The van der Waals surface area contributed by atoms with Gasteiger partial charge in [-0.05, 0) is 37.5 Å². The van der Waals surface area contributed by atoms with Gasteiger partial charge in [-0.1, -0.05) is 0 Å². The Labute approximate surface area is 81.6 Å². The Morgan fingerprint density at radius 1 is 1.50 bits per heavy atom. The van der Waals surface area contributed by atoms with E-state index in [-0.39, 0.29) is 11.6 Å². The first kappa shape index (κ1) is 9.01. The van der Waals surface area contributed by atoms with Crippen LogP contribution in [0.4, 0.5) is 4.39 Å². The highest BCUT2D eigenvalue weighted by molar-refractivity contribution is 5.46. The molecule has 3 heteroatoms. The van der Waals surface area contributed by atoms with Crippen LogP contribution in [0.15, 0.2) is 12.1 Å². The van der Waals surface area contributed by atoms with Crippen molar-refractivity contribution in [1.82, 2.24) is 0 Å². The van der Waals surface area contributed by atoms with Gasteiger partial charge >= 0.3 is 0 Å². The zero-order valence-electron chi connectivity index (χ0n) is 7.84. The summed E-state index contributed by atoms with van der Waals surface area (Å²) in [5.41, 5.74) is 0.165. The fourth-order valence-electron chi connectivity index (χ4n) is 1.59. The van der Waals surface area contributed by atoms with Gasteiger partial charge in [0.15, 0.2) is 0 Å². The van der Waals surface area contributed by atoms with Crippen LogP contribution in [0.5, 0.6) is 5.75 Å². The van der Waals surface area contributed by atoms with Crippen molar-refractivity contribution in [2.75, 3.05) is 0 Å². The molecular formula is C11H10FNO. The molecule has 1 N–H and O–H groups in total. The average molecular weight is 191 g/mol. The third-order valence-electron chi connectivity index (χ3n) is 2.77. The van der Waals surface area contributed by atoms with Crippen molar-refractivity contribution in [2.45, 2.75) is 25.2 Å². The summed E-state index contributed by atoms with van der Waals surface area (Å²) in [6.45, 7) is 1.63. The zero-order valence-corrected chi connectivity index (χ0v) is 7.84. The van der Waals surface area contributed by atoms with E-state index in [0.29, 0.717) is 24.0 Å². The maximum atomic E-state index is 13.5. The zero-order chi connectivity index (χ0) is 10.3. The molecular weight excluding hydrogens is 181 g/mol. The van der Waals surface area contributed by atoms with Crippen LogP contribution in [0.1, 0.15) is 24.0 Å². The lowest BCUT2D eigenvalue weighted by Crippen LogP contribution is -2.06. The van der Waals surface area contributed by atoms with Gasteiger partial charge in [-0.15, -0.1) is 0 Å². The van der Waals surface area contributed by atoms with Crippen molar-refractivity contribution >= 4 is 0 Å². The number of hydrogen-bond donors (Lipinski definition) is 1. The third kappa shape index (κ3) is 1.15. The first-order chi connectivity index (χ1) is 6.59. The molecule has 1 aromatic rings. The first-order valence-electron chi connectivity index (χ1n) is 4.50. The number of aryl methyl sites for hydroxylation is 1. The summed E-state index contributed by atoms with van der Waals surface area (Å²) in [7, 11) is 0. The molecule has 0 bridgehead atoms. The summed E-state index contributed by atoms with van der Waals surface area (Å²) in [6.07, 6.45) is 1.37. The van der Waals surface area contributed by atoms with Crippen LogP contribution >= 0.6 is 0 Å². The van der Waals surface area contributed by atoms with Gasteiger partial charge < -0.3 is 5.11 Å². The van der Waals surface area contributed by atoms with Crippen LogP contribution in [-0.4, -0.2) is 5.11 Å². The van der Waals surface area contributed by atoms with Crippen molar-refractivity contribution < 1.29 is 9.50 Å². The number of rotatable bonds is 1. The molecule has 2 rings (SSSR count). The topological polar surface area (TPSA) is 44.0 Å². The molecule has 1 aliphatic rings. The predicted octanol–water partition coefficient (Wildman–Crippen LogP) is 2.39. The minimum Gasteiger partial charge on any atom is -0.508 e. The molecule has 0 amide bonds. The quantitative estimate of drug-likeness (QED) is 0.740. The van der Waals surface area contributed by atoms with E-state index in [1.807, 2.05) is 0 Å². The van der Waals surface area contributed by atoms with Crippen molar-refractivity contribution in [2.24, 2.45) is 0 Å². The van der Waals surface area contributed by atoms with E-state index in [2.05, 4.69) is 6.07 Å². The average Bonchev–Trinajstić information content (AvgIpc) is 2.92. The van der Waals surface area contributed by atoms with E-state index in [9.17, 15) is 9.50 Å². The SMILES string of the molecule is Cc1cc(F)c(C2(C#N)CC2)cc1O. The normalized spacial score (nSPS) is 17.5. The van der Waals surface area contributed by atoms with Gasteiger partial charge in [-0.3, -0.25) is 0 Å². The standard InChI is InChI=1S/C11H10FNO/c1-7-4-9(12)8(5-10(7)14)11(6-13)2-3-11/h4-5,14H,2-3H2,1H3. The summed E-state index contributed by atoms with van der Waals surface area (Å²) in [6, 6.07) is 4.76. The molecule has 0 atom stereocenters. The molecule has 1 fully saturated rings. The highest BCUT2D eigenvalue weighted by atomic mass is 19.1. The smallest absolute Gasteiger partial charge is 0.128 e. The van der Waals surface area contributed by atoms with Crippen molar-refractivity contribution in [3.05, 3.63) is 29.1 Å². The molecule has 0 unspecified atom stereocenters. The van der Waals surface area contributed by atoms with Crippen LogP contribution in [0.25, 0.3) is 0 Å². The third-order valence-corrected chi connectivity index (χ3v) is 2.77. The maximum absolute atomic E-state index is 13.5. The fourth-order valence-corrected chi connectivity index (χ4v) is 1.59. The van der Waals surface area contributed by atoms with Crippen LogP contribution < -0.4 is 0 Å². The van der Waals surface area contributed by atoms with Crippen molar-refractivity contribution in [3.63, 3.8) is 0 Å². The first-order valence-corrected chi connectivity index (χ1v) is 4.50. The molecule has 0 saturated heterocycles. The summed E-state index contributed by atoms with van der Waals surface area (Å²) in [5, 5.41) is 18.3. The fraction of sp³-hybridized carbons (Fsp3) is 0.364. The Morgan fingerprint density at radius 3 is 2.64 bits per heavy atom. The van der Waals surface area contributed by atoms with Gasteiger partial charge in [0, 0.05) is 5.56 Å². The lowest BCUT2D eigenvalue weighted by molar-refractivity contribution is 0.466. The summed E-state index contributed by atoms with van der Waals surface area (Å²) in [4.78, 5) is 0. The van der Waals surface area contributed by atoms with E-state index >= 15 is 0 Å². The van der Waals surface area contributed by atoms with Crippen LogP contribution in [0.3, 0.4) is 0 Å². The second-order valence-electron chi connectivity index (χ2n) is 3.81. The molecule has 72 valence electrons. The summed E-state index contributed by atoms with van der Waals surface area (Å²) >= 11 is 0. The monoisotopic (exact) mass is 191 g/mol. The van der Waals surface area contributed by atoms with E-state index < -0.39 is 5.41 Å². The number of phenolic OH excluding ortho intramolecular Hbond substituents is 1. The number of phenols is 1. The van der Waals surface area contributed by atoms with Gasteiger partial charge in [0.1, 0.15) is 11.6 Å². The molecule has 0 radical (unpaired) electrons. The van der Waals surface area contributed by atoms with Gasteiger partial charge in [-0.25, -0.2) is 4.39 Å². The van der Waals surface area contributed by atoms with E-state index in [1.165, 1.54) is 12.1 Å². The molecule has 0 spiro atoms. The number of nitriles is 1. The largest absolute Gasteiger partial charge is 0.508 e. The minimum atomic E-state index is -0.671. The van der Waals surface area contributed by atoms with Crippen LogP contribution in [0, 0.1) is 24.1 Å². The Balaban J connectivity index is 2.55. The molecule has 1 aliphatic carbocycles. The molecule has 2 nitrogen and oxygen atoms in total. The van der Waals surface area contributed by atoms with Crippen LogP contribution in [-0.2, 0) is 5.41 Å². The van der Waals surface area contributed by atoms with Gasteiger partial charge in [0.25, 0.3) is 0 Å². The molecule has 1 saturated carbocycles. The second kappa shape index (κ2) is 2.71. The Bertz CT molecular complexity index is 430. The molecule has 1 aromatic carbocycles.